The lowest BCUT2D eigenvalue weighted by atomic mass is 9.71. The normalized spacial score (nSPS) is 16.9. The molecule has 0 bridgehead atoms. The van der Waals surface area contributed by atoms with Crippen LogP contribution in [0.3, 0.4) is 0 Å². The number of thioether (sulfide) groups is 1. The Kier molecular flexibility index (Phi) is 5.41. The number of aromatic nitrogens is 2. The van der Waals surface area contributed by atoms with Gasteiger partial charge >= 0.3 is 0 Å². The zero-order valence-electron chi connectivity index (χ0n) is 16.8. The third-order valence-corrected chi connectivity index (χ3v) is 8.40. The average molecular weight is 440 g/mol. The zero-order chi connectivity index (χ0) is 20.6. The second-order valence-corrected chi connectivity index (χ2v) is 10.4. The maximum atomic E-state index is 12.5. The molecule has 1 aromatic carbocycles. The van der Waals surface area contributed by atoms with Crippen LogP contribution >= 0.6 is 23.1 Å². The number of benzene rings is 1. The Morgan fingerprint density at radius 2 is 2.03 bits per heavy atom. The smallest absolute Gasteiger partial charge is 0.259 e. The monoisotopic (exact) mass is 439 g/mol. The zero-order valence-corrected chi connectivity index (χ0v) is 18.5. The summed E-state index contributed by atoms with van der Waals surface area (Å²) in [5.41, 5.74) is 2.22. The Hall–Kier alpha value is -2.12. The van der Waals surface area contributed by atoms with Gasteiger partial charge in [0.2, 0.25) is 5.91 Å². The van der Waals surface area contributed by atoms with E-state index < -0.39 is 0 Å². The predicted octanol–water partition coefficient (Wildman–Crippen LogP) is 4.29. The van der Waals surface area contributed by atoms with Crippen molar-refractivity contribution >= 4 is 39.2 Å². The standard InChI is InChI=1S/C23H25N3O2S2/c27-19(26-23(11-5-12-23)15-6-2-1-3-7-15)10-13-29-14-18-24-21(28)20-16-8-4-9-17(16)30-22(20)25-18/h1-3,6-7H,4-5,8-14H2,(H,26,27)(H,24,25,28). The molecule has 5 nitrogen and oxygen atoms in total. The van der Waals surface area contributed by atoms with Crippen molar-refractivity contribution in [2.75, 3.05) is 5.75 Å². The number of carbonyl (C=O) groups excluding carboxylic acids is 1. The van der Waals surface area contributed by atoms with Gasteiger partial charge in [-0.1, -0.05) is 30.3 Å². The van der Waals surface area contributed by atoms with Crippen LogP contribution in [0.5, 0.6) is 0 Å². The molecule has 7 heteroatoms. The van der Waals surface area contributed by atoms with Crippen LogP contribution in [0.15, 0.2) is 35.1 Å². The number of nitrogens with zero attached hydrogens (tertiary/aromatic N) is 1. The lowest BCUT2D eigenvalue weighted by Crippen LogP contribution is -2.50. The van der Waals surface area contributed by atoms with Gasteiger partial charge < -0.3 is 10.3 Å². The van der Waals surface area contributed by atoms with E-state index in [-0.39, 0.29) is 17.0 Å². The van der Waals surface area contributed by atoms with Gasteiger partial charge in [-0.25, -0.2) is 4.98 Å². The number of nitrogens with one attached hydrogen (secondary N) is 2. The molecule has 3 aromatic rings. The third kappa shape index (κ3) is 3.69. The van der Waals surface area contributed by atoms with E-state index in [0.717, 1.165) is 48.7 Å². The molecule has 2 N–H and O–H groups in total. The molecule has 0 spiro atoms. The van der Waals surface area contributed by atoms with E-state index in [1.807, 2.05) is 18.2 Å². The Labute approximate surface area is 183 Å². The molecule has 2 aromatic heterocycles. The van der Waals surface area contributed by atoms with Crippen molar-refractivity contribution in [2.24, 2.45) is 0 Å². The summed E-state index contributed by atoms with van der Waals surface area (Å²) < 4.78 is 0. The molecular formula is C23H25N3O2S2. The van der Waals surface area contributed by atoms with E-state index in [4.69, 9.17) is 0 Å². The quantitative estimate of drug-likeness (QED) is 0.539. The molecule has 2 aliphatic rings. The van der Waals surface area contributed by atoms with Crippen molar-refractivity contribution in [3.05, 3.63) is 62.5 Å². The minimum atomic E-state index is -0.180. The number of fused-ring (bicyclic) bond motifs is 3. The van der Waals surface area contributed by atoms with E-state index >= 15 is 0 Å². The van der Waals surface area contributed by atoms with Gasteiger partial charge in [0.25, 0.3) is 5.56 Å². The summed E-state index contributed by atoms with van der Waals surface area (Å²) in [5, 5.41) is 4.07. The van der Waals surface area contributed by atoms with Gasteiger partial charge in [0.1, 0.15) is 10.7 Å². The molecule has 1 fully saturated rings. The summed E-state index contributed by atoms with van der Waals surface area (Å²) in [6.07, 6.45) is 6.84. The SMILES string of the molecule is O=C(CCSCc1nc2sc3c(c2c(=O)[nH]1)CCC3)NC1(c2ccccc2)CCC1. The molecule has 5 rings (SSSR count). The Balaban J connectivity index is 1.16. The highest BCUT2D eigenvalue weighted by atomic mass is 32.2. The van der Waals surface area contributed by atoms with Gasteiger partial charge in [-0.2, -0.15) is 11.8 Å². The first-order valence-electron chi connectivity index (χ1n) is 10.6. The average Bonchev–Trinajstić information content (AvgIpc) is 3.29. The molecule has 0 radical (unpaired) electrons. The molecule has 1 amide bonds. The Morgan fingerprint density at radius 3 is 2.80 bits per heavy atom. The summed E-state index contributed by atoms with van der Waals surface area (Å²) in [4.78, 5) is 34.9. The third-order valence-electron chi connectivity index (χ3n) is 6.25. The lowest BCUT2D eigenvalue weighted by molar-refractivity contribution is -0.123. The van der Waals surface area contributed by atoms with Crippen molar-refractivity contribution in [1.82, 2.24) is 15.3 Å². The van der Waals surface area contributed by atoms with E-state index in [2.05, 4.69) is 27.4 Å². The molecule has 156 valence electrons. The highest BCUT2D eigenvalue weighted by Gasteiger charge is 2.39. The number of thiophene rings is 1. The summed E-state index contributed by atoms with van der Waals surface area (Å²) >= 11 is 3.31. The Morgan fingerprint density at radius 1 is 1.20 bits per heavy atom. The van der Waals surface area contributed by atoms with Crippen LogP contribution < -0.4 is 10.9 Å². The number of amides is 1. The van der Waals surface area contributed by atoms with Crippen molar-refractivity contribution in [3.8, 4) is 0 Å². The molecule has 1 saturated carbocycles. The van der Waals surface area contributed by atoms with Crippen LogP contribution in [-0.2, 0) is 28.9 Å². The first-order valence-corrected chi connectivity index (χ1v) is 12.6. The lowest BCUT2D eigenvalue weighted by Gasteiger charge is -2.43. The summed E-state index contributed by atoms with van der Waals surface area (Å²) in [6.45, 7) is 0. The first-order chi connectivity index (χ1) is 14.6. The number of aromatic amines is 1. The van der Waals surface area contributed by atoms with Crippen molar-refractivity contribution < 1.29 is 4.79 Å². The summed E-state index contributed by atoms with van der Waals surface area (Å²) in [6, 6.07) is 10.3. The summed E-state index contributed by atoms with van der Waals surface area (Å²) in [7, 11) is 0. The number of carbonyl (C=O) groups is 1. The highest BCUT2D eigenvalue weighted by molar-refractivity contribution is 7.98. The second kappa shape index (κ2) is 8.19. The van der Waals surface area contributed by atoms with Gasteiger partial charge in [0, 0.05) is 17.1 Å². The second-order valence-electron chi connectivity index (χ2n) is 8.20. The minimum Gasteiger partial charge on any atom is -0.347 e. The fourth-order valence-electron chi connectivity index (χ4n) is 4.55. The van der Waals surface area contributed by atoms with Gasteiger partial charge in [0.15, 0.2) is 0 Å². The Bertz CT molecular complexity index is 1130. The van der Waals surface area contributed by atoms with E-state index in [1.165, 1.54) is 16.0 Å². The van der Waals surface area contributed by atoms with Crippen LogP contribution in [0.25, 0.3) is 10.2 Å². The first kappa shape index (κ1) is 19.8. The molecule has 0 saturated heterocycles. The van der Waals surface area contributed by atoms with Gasteiger partial charge in [-0.3, -0.25) is 9.59 Å². The highest BCUT2D eigenvalue weighted by Crippen LogP contribution is 2.41. The molecule has 30 heavy (non-hydrogen) atoms. The largest absolute Gasteiger partial charge is 0.347 e. The van der Waals surface area contributed by atoms with Crippen LogP contribution in [-0.4, -0.2) is 21.6 Å². The minimum absolute atomic E-state index is 0.0115. The maximum Gasteiger partial charge on any atom is 0.259 e. The molecule has 0 aliphatic heterocycles. The van der Waals surface area contributed by atoms with Crippen molar-refractivity contribution in [3.63, 3.8) is 0 Å². The summed E-state index contributed by atoms with van der Waals surface area (Å²) in [5.74, 6) is 2.12. The topological polar surface area (TPSA) is 74.8 Å². The molecule has 0 atom stereocenters. The van der Waals surface area contributed by atoms with E-state index in [9.17, 15) is 9.59 Å². The number of hydrogen-bond donors (Lipinski definition) is 2. The molecule has 2 aliphatic carbocycles. The number of H-pyrrole nitrogens is 1. The fourth-order valence-corrected chi connectivity index (χ4v) is 6.64. The van der Waals surface area contributed by atoms with E-state index in [1.54, 1.807) is 23.1 Å². The maximum absolute atomic E-state index is 12.5. The number of hydrogen-bond acceptors (Lipinski definition) is 5. The van der Waals surface area contributed by atoms with Gasteiger partial charge in [-0.05, 0) is 49.7 Å². The van der Waals surface area contributed by atoms with E-state index in [0.29, 0.717) is 23.8 Å². The fraction of sp³-hybridized carbons (Fsp3) is 0.435. The van der Waals surface area contributed by atoms with Crippen LogP contribution in [0.1, 0.15) is 53.9 Å². The van der Waals surface area contributed by atoms with Crippen LogP contribution in [0.2, 0.25) is 0 Å². The number of aryl methyl sites for hydroxylation is 2. The van der Waals surface area contributed by atoms with Crippen molar-refractivity contribution in [1.29, 1.82) is 0 Å². The molecule has 0 unspecified atom stereocenters. The van der Waals surface area contributed by atoms with Crippen LogP contribution in [0, 0.1) is 0 Å². The predicted molar refractivity (Wildman–Crippen MR) is 123 cm³/mol. The van der Waals surface area contributed by atoms with Crippen molar-refractivity contribution in [2.45, 2.75) is 56.2 Å². The van der Waals surface area contributed by atoms with Gasteiger partial charge in [0.05, 0.1) is 16.7 Å². The number of rotatable bonds is 7. The van der Waals surface area contributed by atoms with Gasteiger partial charge in [-0.15, -0.1) is 11.3 Å². The molecular weight excluding hydrogens is 414 g/mol. The van der Waals surface area contributed by atoms with Crippen LogP contribution in [0.4, 0.5) is 0 Å². The molecule has 2 heterocycles.